The second kappa shape index (κ2) is 6.60. The van der Waals surface area contributed by atoms with Gasteiger partial charge in [0.15, 0.2) is 0 Å². The summed E-state index contributed by atoms with van der Waals surface area (Å²) in [5.41, 5.74) is 1.73. The van der Waals surface area contributed by atoms with E-state index in [0.29, 0.717) is 19.0 Å². The highest BCUT2D eigenvalue weighted by atomic mass is 16.2. The van der Waals surface area contributed by atoms with Gasteiger partial charge >= 0.3 is 5.69 Å². The molecule has 0 bridgehead atoms. The summed E-state index contributed by atoms with van der Waals surface area (Å²) in [6.07, 6.45) is 4.86. The van der Waals surface area contributed by atoms with Gasteiger partial charge in [-0.2, -0.15) is 0 Å². The molecule has 23 heavy (non-hydrogen) atoms. The van der Waals surface area contributed by atoms with Crippen LogP contribution in [0.2, 0.25) is 0 Å². The molecule has 124 valence electrons. The van der Waals surface area contributed by atoms with E-state index in [2.05, 4.69) is 12.2 Å². The van der Waals surface area contributed by atoms with Gasteiger partial charge in [0.05, 0.1) is 11.0 Å². The first-order chi connectivity index (χ1) is 11.1. The zero-order valence-electron chi connectivity index (χ0n) is 13.9. The number of aromatic nitrogens is 2. The van der Waals surface area contributed by atoms with Crippen molar-refractivity contribution in [1.82, 2.24) is 14.5 Å². The Morgan fingerprint density at radius 1 is 1.17 bits per heavy atom. The van der Waals surface area contributed by atoms with Gasteiger partial charge in [-0.1, -0.05) is 19.1 Å². The van der Waals surface area contributed by atoms with Crippen LogP contribution in [-0.4, -0.2) is 21.1 Å². The summed E-state index contributed by atoms with van der Waals surface area (Å²) in [6.45, 7) is 2.69. The first-order valence-electron chi connectivity index (χ1n) is 8.50. The Bertz CT molecular complexity index is 751. The van der Waals surface area contributed by atoms with E-state index < -0.39 is 0 Å². The van der Waals surface area contributed by atoms with Gasteiger partial charge in [0.2, 0.25) is 5.91 Å². The number of nitrogens with one attached hydrogen (secondary N) is 1. The Labute approximate surface area is 136 Å². The molecule has 1 aromatic heterocycles. The number of amides is 1. The second-order valence-corrected chi connectivity index (χ2v) is 6.76. The molecule has 1 amide bonds. The zero-order valence-corrected chi connectivity index (χ0v) is 13.9. The molecule has 0 spiro atoms. The lowest BCUT2D eigenvalue weighted by atomic mass is 9.87. The monoisotopic (exact) mass is 315 g/mol. The molecule has 0 aliphatic heterocycles. The lowest BCUT2D eigenvalue weighted by Crippen LogP contribution is -2.38. The molecule has 1 N–H and O–H groups in total. The van der Waals surface area contributed by atoms with Crippen LogP contribution in [0.3, 0.4) is 0 Å². The minimum Gasteiger partial charge on any atom is -0.353 e. The van der Waals surface area contributed by atoms with Crippen LogP contribution >= 0.6 is 0 Å². The van der Waals surface area contributed by atoms with Gasteiger partial charge in [0.25, 0.3) is 0 Å². The van der Waals surface area contributed by atoms with Crippen molar-refractivity contribution >= 4 is 16.9 Å². The van der Waals surface area contributed by atoms with E-state index in [9.17, 15) is 9.59 Å². The fraction of sp³-hybridized carbons (Fsp3) is 0.556. The number of para-hydroxylation sites is 2. The first-order valence-corrected chi connectivity index (χ1v) is 8.50. The lowest BCUT2D eigenvalue weighted by Gasteiger charge is -2.26. The molecular weight excluding hydrogens is 290 g/mol. The van der Waals surface area contributed by atoms with E-state index in [1.165, 1.54) is 12.8 Å². The lowest BCUT2D eigenvalue weighted by molar-refractivity contribution is -0.122. The number of aryl methyl sites for hydroxylation is 2. The summed E-state index contributed by atoms with van der Waals surface area (Å²) in [5.74, 6) is 0.821. The van der Waals surface area contributed by atoms with Gasteiger partial charge in [0, 0.05) is 26.1 Å². The average Bonchev–Trinajstić information content (AvgIpc) is 2.80. The number of fused-ring (bicyclic) bond motifs is 1. The van der Waals surface area contributed by atoms with Gasteiger partial charge in [-0.25, -0.2) is 4.79 Å². The summed E-state index contributed by atoms with van der Waals surface area (Å²) in [7, 11) is 1.77. The van der Waals surface area contributed by atoms with Crippen molar-refractivity contribution in [2.75, 3.05) is 0 Å². The molecule has 5 nitrogen and oxygen atoms in total. The number of benzene rings is 1. The summed E-state index contributed by atoms with van der Waals surface area (Å²) in [5, 5.41) is 3.12. The smallest absolute Gasteiger partial charge is 0.328 e. The van der Waals surface area contributed by atoms with Crippen LogP contribution in [0.25, 0.3) is 11.0 Å². The highest BCUT2D eigenvalue weighted by Crippen LogP contribution is 2.23. The molecule has 0 saturated heterocycles. The molecule has 1 fully saturated rings. The predicted molar refractivity (Wildman–Crippen MR) is 91.4 cm³/mol. The van der Waals surface area contributed by atoms with Crippen molar-refractivity contribution in [3.05, 3.63) is 34.7 Å². The van der Waals surface area contributed by atoms with Crippen molar-refractivity contribution in [1.29, 1.82) is 0 Å². The minimum absolute atomic E-state index is 0.0457. The van der Waals surface area contributed by atoms with Crippen LogP contribution in [0.15, 0.2) is 29.1 Å². The topological polar surface area (TPSA) is 56.0 Å². The molecule has 1 aliphatic rings. The fourth-order valence-corrected chi connectivity index (χ4v) is 3.50. The maximum absolute atomic E-state index is 12.3. The number of carbonyl (C=O) groups is 1. The van der Waals surface area contributed by atoms with Crippen molar-refractivity contribution in [3.8, 4) is 0 Å². The van der Waals surface area contributed by atoms with Gasteiger partial charge in [-0.3, -0.25) is 13.9 Å². The highest BCUT2D eigenvalue weighted by Gasteiger charge is 2.20. The first kappa shape index (κ1) is 15.8. The van der Waals surface area contributed by atoms with Crippen LogP contribution in [0, 0.1) is 5.92 Å². The Hall–Kier alpha value is -2.04. The second-order valence-electron chi connectivity index (χ2n) is 6.76. The van der Waals surface area contributed by atoms with Crippen LogP contribution in [-0.2, 0) is 18.4 Å². The molecule has 1 heterocycles. The summed E-state index contributed by atoms with van der Waals surface area (Å²) in [4.78, 5) is 24.5. The number of carbonyl (C=O) groups excluding carboxylic acids is 1. The molecule has 1 saturated carbocycles. The van der Waals surface area contributed by atoms with Gasteiger partial charge < -0.3 is 5.32 Å². The quantitative estimate of drug-likeness (QED) is 0.942. The molecular formula is C18H25N3O2. The number of rotatable bonds is 4. The predicted octanol–water partition coefficient (Wildman–Crippen LogP) is 2.42. The SMILES string of the molecule is CC1CCC(NC(=O)CCn2c(=O)n(C)c3ccccc32)CC1. The summed E-state index contributed by atoms with van der Waals surface area (Å²) >= 11 is 0. The standard InChI is InChI=1S/C18H25N3O2/c1-13-7-9-14(10-8-13)19-17(22)11-12-21-16-6-4-3-5-15(16)20(2)18(21)23/h3-6,13-14H,7-12H2,1-2H3,(H,19,22). The van der Waals surface area contributed by atoms with Crippen LogP contribution in [0.4, 0.5) is 0 Å². The molecule has 0 radical (unpaired) electrons. The van der Waals surface area contributed by atoms with E-state index in [4.69, 9.17) is 0 Å². The molecule has 5 heteroatoms. The maximum atomic E-state index is 12.3. The minimum atomic E-state index is -0.0644. The van der Waals surface area contributed by atoms with Gasteiger partial charge in [-0.15, -0.1) is 0 Å². The number of imidazole rings is 1. The maximum Gasteiger partial charge on any atom is 0.328 e. The van der Waals surface area contributed by atoms with Crippen molar-refractivity contribution in [2.24, 2.45) is 13.0 Å². The molecule has 1 aromatic carbocycles. The highest BCUT2D eigenvalue weighted by molar-refractivity contribution is 5.78. The van der Waals surface area contributed by atoms with E-state index >= 15 is 0 Å². The Kier molecular flexibility index (Phi) is 4.55. The molecule has 0 unspecified atom stereocenters. The Balaban J connectivity index is 1.63. The molecule has 2 aromatic rings. The summed E-state index contributed by atoms with van der Waals surface area (Å²) in [6, 6.07) is 8.00. The molecule has 1 aliphatic carbocycles. The van der Waals surface area contributed by atoms with Crippen LogP contribution in [0.5, 0.6) is 0 Å². The van der Waals surface area contributed by atoms with Crippen LogP contribution in [0.1, 0.15) is 39.0 Å². The van der Waals surface area contributed by atoms with Crippen LogP contribution < -0.4 is 11.0 Å². The van der Waals surface area contributed by atoms with Crippen molar-refractivity contribution in [3.63, 3.8) is 0 Å². The zero-order chi connectivity index (χ0) is 16.4. The largest absolute Gasteiger partial charge is 0.353 e. The third kappa shape index (κ3) is 3.33. The van der Waals surface area contributed by atoms with E-state index in [0.717, 1.165) is 29.8 Å². The van der Waals surface area contributed by atoms with E-state index in [-0.39, 0.29) is 11.6 Å². The number of hydrogen-bond donors (Lipinski definition) is 1. The Morgan fingerprint density at radius 2 is 1.83 bits per heavy atom. The van der Waals surface area contributed by atoms with Gasteiger partial charge in [-0.05, 0) is 43.7 Å². The third-order valence-corrected chi connectivity index (χ3v) is 5.00. The number of hydrogen-bond acceptors (Lipinski definition) is 2. The number of nitrogens with zero attached hydrogens (tertiary/aromatic N) is 2. The van der Waals surface area contributed by atoms with E-state index in [1.54, 1.807) is 16.2 Å². The average molecular weight is 315 g/mol. The van der Waals surface area contributed by atoms with Gasteiger partial charge in [0.1, 0.15) is 0 Å². The van der Waals surface area contributed by atoms with Crippen molar-refractivity contribution < 1.29 is 4.79 Å². The Morgan fingerprint density at radius 3 is 2.52 bits per heavy atom. The molecule has 3 rings (SSSR count). The van der Waals surface area contributed by atoms with E-state index in [1.807, 2.05) is 24.3 Å². The fourth-order valence-electron chi connectivity index (χ4n) is 3.50. The molecule has 0 atom stereocenters. The normalized spacial score (nSPS) is 21.5. The van der Waals surface area contributed by atoms with Crippen molar-refractivity contribution in [2.45, 2.75) is 51.6 Å². The summed E-state index contributed by atoms with van der Waals surface area (Å²) < 4.78 is 3.33. The third-order valence-electron chi connectivity index (χ3n) is 5.00.